The van der Waals surface area contributed by atoms with Gasteiger partial charge in [0.2, 0.25) is 0 Å². The van der Waals surface area contributed by atoms with Crippen molar-refractivity contribution in [2.24, 2.45) is 16.3 Å². The summed E-state index contributed by atoms with van der Waals surface area (Å²) in [6.07, 6.45) is 2.00. The molecule has 0 fully saturated rings. The Balaban J connectivity index is 2.27. The zero-order chi connectivity index (χ0) is 14.3. The van der Waals surface area contributed by atoms with E-state index in [1.807, 2.05) is 25.6 Å². The smallest absolute Gasteiger partial charge is 0.144 e. The molecule has 0 heterocycles. The summed E-state index contributed by atoms with van der Waals surface area (Å²) in [5, 5.41) is 11.8. The Bertz CT molecular complexity index is 430. The fraction of sp³-hybridized carbons (Fsp3) is 0.533. The maximum atomic E-state index is 8.71. The number of rotatable bonds is 7. The minimum Gasteiger partial charge on any atom is -0.409 e. The molecule has 1 rings (SSSR count). The molecule has 0 spiro atoms. The zero-order valence-electron chi connectivity index (χ0n) is 12.0. The van der Waals surface area contributed by atoms with Crippen LogP contribution in [-0.4, -0.2) is 16.8 Å². The summed E-state index contributed by atoms with van der Waals surface area (Å²) >= 11 is 1.94. The summed E-state index contributed by atoms with van der Waals surface area (Å²) in [5.74, 6) is 2.46. The molecule has 0 saturated heterocycles. The molecule has 19 heavy (non-hydrogen) atoms. The number of nitrogens with two attached hydrogens (primary N) is 1. The summed E-state index contributed by atoms with van der Waals surface area (Å²) in [6, 6.07) is 8.49. The van der Waals surface area contributed by atoms with E-state index in [1.54, 1.807) is 0 Å². The molecule has 0 aliphatic carbocycles. The number of nitrogens with zero attached hydrogens (tertiary/aromatic N) is 1. The van der Waals surface area contributed by atoms with Crippen molar-refractivity contribution in [3.05, 3.63) is 35.4 Å². The van der Waals surface area contributed by atoms with E-state index in [0.717, 1.165) is 24.3 Å². The molecule has 4 heteroatoms. The number of hydrogen-bond donors (Lipinski definition) is 2. The molecule has 0 aliphatic heterocycles. The molecule has 1 aromatic carbocycles. The highest BCUT2D eigenvalue weighted by atomic mass is 32.2. The van der Waals surface area contributed by atoms with Crippen LogP contribution >= 0.6 is 11.8 Å². The Labute approximate surface area is 120 Å². The largest absolute Gasteiger partial charge is 0.409 e. The van der Waals surface area contributed by atoms with Gasteiger partial charge in [-0.15, -0.1) is 0 Å². The minimum atomic E-state index is -0.224. The van der Waals surface area contributed by atoms with Crippen LogP contribution in [0.4, 0.5) is 0 Å². The fourth-order valence-corrected chi connectivity index (χ4v) is 2.87. The molecule has 0 bridgehead atoms. The van der Waals surface area contributed by atoms with Gasteiger partial charge in [-0.25, -0.2) is 0 Å². The SMILES string of the molecule is Cc1ccccc1CSCCCC(C)(C)C(N)=NO. The second-order valence-electron chi connectivity index (χ2n) is 5.45. The van der Waals surface area contributed by atoms with Crippen LogP contribution in [0.2, 0.25) is 0 Å². The van der Waals surface area contributed by atoms with Crippen LogP contribution in [-0.2, 0) is 5.75 Å². The van der Waals surface area contributed by atoms with E-state index in [4.69, 9.17) is 10.9 Å². The molecule has 3 nitrogen and oxygen atoms in total. The van der Waals surface area contributed by atoms with Gasteiger partial charge in [-0.05, 0) is 36.6 Å². The van der Waals surface area contributed by atoms with Gasteiger partial charge in [0.05, 0.1) is 0 Å². The van der Waals surface area contributed by atoms with Crippen molar-refractivity contribution < 1.29 is 5.21 Å². The maximum Gasteiger partial charge on any atom is 0.144 e. The Morgan fingerprint density at radius 3 is 2.68 bits per heavy atom. The van der Waals surface area contributed by atoms with Crippen LogP contribution in [0.15, 0.2) is 29.4 Å². The second kappa shape index (κ2) is 7.43. The van der Waals surface area contributed by atoms with Crippen LogP contribution in [0.5, 0.6) is 0 Å². The summed E-state index contributed by atoms with van der Waals surface area (Å²) in [5.41, 5.74) is 8.20. The maximum absolute atomic E-state index is 8.71. The van der Waals surface area contributed by atoms with Crippen LogP contribution in [0.1, 0.15) is 37.8 Å². The van der Waals surface area contributed by atoms with Gasteiger partial charge in [0, 0.05) is 11.2 Å². The third-order valence-corrected chi connectivity index (χ3v) is 4.50. The van der Waals surface area contributed by atoms with Crippen molar-refractivity contribution in [2.75, 3.05) is 5.75 Å². The highest BCUT2D eigenvalue weighted by Crippen LogP contribution is 2.24. The Morgan fingerprint density at radius 1 is 1.37 bits per heavy atom. The normalized spacial score (nSPS) is 12.7. The van der Waals surface area contributed by atoms with Crippen molar-refractivity contribution in [3.63, 3.8) is 0 Å². The first kappa shape index (κ1) is 15.9. The van der Waals surface area contributed by atoms with Gasteiger partial charge in [-0.3, -0.25) is 0 Å². The van der Waals surface area contributed by atoms with Gasteiger partial charge in [0.25, 0.3) is 0 Å². The van der Waals surface area contributed by atoms with Gasteiger partial charge in [-0.2, -0.15) is 11.8 Å². The highest BCUT2D eigenvalue weighted by molar-refractivity contribution is 7.98. The third-order valence-electron chi connectivity index (χ3n) is 3.41. The van der Waals surface area contributed by atoms with Crippen molar-refractivity contribution in [3.8, 4) is 0 Å². The van der Waals surface area contributed by atoms with Gasteiger partial charge in [0.1, 0.15) is 5.84 Å². The third kappa shape index (κ3) is 5.15. The number of benzene rings is 1. The lowest BCUT2D eigenvalue weighted by Crippen LogP contribution is -2.31. The predicted molar refractivity (Wildman–Crippen MR) is 83.8 cm³/mol. The number of hydrogen-bond acceptors (Lipinski definition) is 3. The first-order chi connectivity index (χ1) is 8.97. The van der Waals surface area contributed by atoms with Crippen molar-refractivity contribution in [1.29, 1.82) is 0 Å². The second-order valence-corrected chi connectivity index (χ2v) is 6.56. The molecule has 3 N–H and O–H groups in total. The quantitative estimate of drug-likeness (QED) is 0.263. The lowest BCUT2D eigenvalue weighted by atomic mass is 9.87. The molecule has 0 radical (unpaired) electrons. The van der Waals surface area contributed by atoms with Gasteiger partial charge in [0.15, 0.2) is 0 Å². The molecule has 0 unspecified atom stereocenters. The summed E-state index contributed by atoms with van der Waals surface area (Å²) < 4.78 is 0. The lowest BCUT2D eigenvalue weighted by Gasteiger charge is -2.22. The molecule has 0 amide bonds. The molecular formula is C15H24N2OS. The number of amidine groups is 1. The number of thioether (sulfide) groups is 1. The summed E-state index contributed by atoms with van der Waals surface area (Å²) in [6.45, 7) is 6.17. The van der Waals surface area contributed by atoms with E-state index in [-0.39, 0.29) is 5.41 Å². The van der Waals surface area contributed by atoms with Crippen LogP contribution in [0.25, 0.3) is 0 Å². The van der Waals surface area contributed by atoms with Gasteiger partial charge >= 0.3 is 0 Å². The first-order valence-electron chi connectivity index (χ1n) is 6.57. The molecule has 0 aliphatic rings. The van der Waals surface area contributed by atoms with Crippen LogP contribution in [0, 0.1) is 12.3 Å². The molecule has 0 saturated carbocycles. The molecular weight excluding hydrogens is 256 g/mol. The average Bonchev–Trinajstić information content (AvgIpc) is 2.39. The minimum absolute atomic E-state index is 0.224. The van der Waals surface area contributed by atoms with E-state index < -0.39 is 0 Å². The predicted octanol–water partition coefficient (Wildman–Crippen LogP) is 3.78. The van der Waals surface area contributed by atoms with Crippen LogP contribution in [0.3, 0.4) is 0 Å². The van der Waals surface area contributed by atoms with Crippen molar-refractivity contribution in [2.45, 2.75) is 39.4 Å². The van der Waals surface area contributed by atoms with Gasteiger partial charge < -0.3 is 10.9 Å². The fourth-order valence-electron chi connectivity index (χ4n) is 1.83. The Morgan fingerprint density at radius 2 is 2.05 bits per heavy atom. The number of oxime groups is 1. The van der Waals surface area contributed by atoms with E-state index in [1.165, 1.54) is 11.1 Å². The lowest BCUT2D eigenvalue weighted by molar-refractivity contribution is 0.305. The highest BCUT2D eigenvalue weighted by Gasteiger charge is 2.22. The monoisotopic (exact) mass is 280 g/mol. The average molecular weight is 280 g/mol. The topological polar surface area (TPSA) is 58.6 Å². The Hall–Kier alpha value is -1.16. The van der Waals surface area contributed by atoms with Gasteiger partial charge in [-0.1, -0.05) is 43.3 Å². The summed E-state index contributed by atoms with van der Waals surface area (Å²) in [7, 11) is 0. The molecule has 1 aromatic rings. The van der Waals surface area contributed by atoms with E-state index in [2.05, 4.69) is 36.3 Å². The number of aryl methyl sites for hydroxylation is 1. The van der Waals surface area contributed by atoms with E-state index in [9.17, 15) is 0 Å². The molecule has 0 aromatic heterocycles. The Kier molecular flexibility index (Phi) is 6.22. The first-order valence-corrected chi connectivity index (χ1v) is 7.73. The summed E-state index contributed by atoms with van der Waals surface area (Å²) in [4.78, 5) is 0. The molecule has 0 atom stereocenters. The zero-order valence-corrected chi connectivity index (χ0v) is 12.8. The molecule has 106 valence electrons. The van der Waals surface area contributed by atoms with Crippen molar-refractivity contribution >= 4 is 17.6 Å². The van der Waals surface area contributed by atoms with E-state index >= 15 is 0 Å². The standard InChI is InChI=1S/C15H24N2OS/c1-12-7-4-5-8-13(12)11-19-10-6-9-15(2,3)14(16)17-18/h4-5,7-8,18H,6,9-11H2,1-3H3,(H2,16,17). The van der Waals surface area contributed by atoms with Crippen LogP contribution < -0.4 is 5.73 Å². The van der Waals surface area contributed by atoms with E-state index in [0.29, 0.717) is 5.84 Å². The van der Waals surface area contributed by atoms with Crippen molar-refractivity contribution in [1.82, 2.24) is 0 Å².